The van der Waals surface area contributed by atoms with E-state index in [1.165, 1.54) is 6.08 Å². The number of hydrogen-bond acceptors (Lipinski definition) is 3. The van der Waals surface area contributed by atoms with Gasteiger partial charge in [0.2, 0.25) is 5.91 Å². The van der Waals surface area contributed by atoms with Crippen molar-refractivity contribution in [1.82, 2.24) is 0 Å². The second-order valence-corrected chi connectivity index (χ2v) is 5.18. The zero-order valence-electron chi connectivity index (χ0n) is 12.3. The number of amides is 1. The summed E-state index contributed by atoms with van der Waals surface area (Å²) in [4.78, 5) is 11.6. The van der Waals surface area contributed by atoms with Crippen LogP contribution in [0.2, 0.25) is 0 Å². The van der Waals surface area contributed by atoms with Gasteiger partial charge in [-0.15, -0.1) is 0 Å². The molecule has 1 amide bonds. The van der Waals surface area contributed by atoms with Crippen LogP contribution in [0.15, 0.2) is 42.5 Å². The Labute approximate surface area is 133 Å². The normalized spacial score (nSPS) is 14.1. The predicted molar refractivity (Wildman–Crippen MR) is 88.3 cm³/mol. The molecule has 0 atom stereocenters. The van der Waals surface area contributed by atoms with Gasteiger partial charge in [0, 0.05) is 18.5 Å². The molecule has 4 nitrogen and oxygen atoms in total. The molecule has 2 aromatic rings. The van der Waals surface area contributed by atoms with Gasteiger partial charge in [0.15, 0.2) is 0 Å². The first-order valence-corrected chi connectivity index (χ1v) is 7.22. The largest absolute Gasteiger partial charge is 0.382 e. The van der Waals surface area contributed by atoms with E-state index in [1.807, 2.05) is 6.07 Å². The maximum absolute atomic E-state index is 14.7. The molecule has 2 aromatic carbocycles. The molecule has 1 heterocycles. The molecule has 23 heavy (non-hydrogen) atoms. The van der Waals surface area contributed by atoms with Crippen LogP contribution < -0.4 is 10.6 Å². The van der Waals surface area contributed by atoms with Crippen molar-refractivity contribution in [2.24, 2.45) is 0 Å². The number of halogens is 1. The summed E-state index contributed by atoms with van der Waals surface area (Å²) in [5.74, 6) is -0.500. The zero-order valence-corrected chi connectivity index (χ0v) is 12.3. The minimum Gasteiger partial charge on any atom is -0.382 e. The van der Waals surface area contributed by atoms with Crippen LogP contribution in [0.25, 0.3) is 11.9 Å². The van der Waals surface area contributed by atoms with E-state index in [2.05, 4.69) is 10.6 Å². The maximum atomic E-state index is 14.7. The number of carbonyl (C=O) groups is 1. The Kier molecular flexibility index (Phi) is 4.07. The lowest BCUT2D eigenvalue weighted by Gasteiger charge is -2.12. The van der Waals surface area contributed by atoms with Crippen LogP contribution in [0.1, 0.15) is 23.1 Å². The summed E-state index contributed by atoms with van der Waals surface area (Å²) in [6, 6.07) is 13.8. The van der Waals surface area contributed by atoms with Crippen LogP contribution in [0.4, 0.5) is 15.8 Å². The van der Waals surface area contributed by atoms with Gasteiger partial charge in [-0.3, -0.25) is 4.79 Å². The smallest absolute Gasteiger partial charge is 0.226 e. The van der Waals surface area contributed by atoms with E-state index < -0.39 is 5.83 Å². The highest BCUT2D eigenvalue weighted by Crippen LogP contribution is 2.34. The molecule has 0 spiro atoms. The van der Waals surface area contributed by atoms with Gasteiger partial charge in [-0.25, -0.2) is 4.39 Å². The van der Waals surface area contributed by atoms with Crippen molar-refractivity contribution in [3.63, 3.8) is 0 Å². The molecular weight excluding hydrogens is 293 g/mol. The lowest BCUT2D eigenvalue weighted by molar-refractivity contribution is -0.115. The Morgan fingerprint density at radius 3 is 2.74 bits per heavy atom. The molecule has 0 bridgehead atoms. The predicted octanol–water partition coefficient (Wildman–Crippen LogP) is 3.78. The lowest BCUT2D eigenvalue weighted by atomic mass is 10.1. The highest BCUT2D eigenvalue weighted by molar-refractivity contribution is 5.99. The summed E-state index contributed by atoms with van der Waals surface area (Å²) >= 11 is 0. The van der Waals surface area contributed by atoms with Gasteiger partial charge in [-0.05, 0) is 35.9 Å². The zero-order chi connectivity index (χ0) is 16.2. The Bertz CT molecular complexity index is 819. The molecule has 0 aliphatic carbocycles. The second-order valence-electron chi connectivity index (χ2n) is 5.18. The summed E-state index contributed by atoms with van der Waals surface area (Å²) in [6.45, 7) is 0.458. The molecule has 1 aliphatic rings. The van der Waals surface area contributed by atoms with Crippen molar-refractivity contribution in [2.75, 3.05) is 17.2 Å². The van der Waals surface area contributed by atoms with Gasteiger partial charge in [0.05, 0.1) is 23.0 Å². The number of rotatable bonds is 2. The fourth-order valence-corrected chi connectivity index (χ4v) is 2.44. The average Bonchev–Trinajstić information content (AvgIpc) is 2.75. The van der Waals surface area contributed by atoms with Crippen LogP contribution in [-0.2, 0) is 4.79 Å². The molecule has 0 saturated heterocycles. The monoisotopic (exact) mass is 307 g/mol. The van der Waals surface area contributed by atoms with Crippen molar-refractivity contribution in [2.45, 2.75) is 6.42 Å². The fraction of sp³-hybridized carbons (Fsp3) is 0.111. The van der Waals surface area contributed by atoms with Crippen LogP contribution in [-0.4, -0.2) is 12.5 Å². The van der Waals surface area contributed by atoms with Gasteiger partial charge >= 0.3 is 0 Å². The molecule has 0 radical (unpaired) electrons. The number of carbonyl (C=O) groups excluding carboxylic acids is 1. The van der Waals surface area contributed by atoms with Crippen molar-refractivity contribution in [1.29, 1.82) is 5.26 Å². The summed E-state index contributed by atoms with van der Waals surface area (Å²) in [5.41, 5.74) is 2.75. The van der Waals surface area contributed by atoms with Gasteiger partial charge < -0.3 is 10.6 Å². The van der Waals surface area contributed by atoms with Crippen molar-refractivity contribution in [3.05, 3.63) is 59.2 Å². The first-order valence-electron chi connectivity index (χ1n) is 7.22. The average molecular weight is 307 g/mol. The highest BCUT2D eigenvalue weighted by atomic mass is 19.1. The fourth-order valence-electron chi connectivity index (χ4n) is 2.44. The molecule has 114 valence electrons. The molecule has 2 N–H and O–H groups in total. The Balaban J connectivity index is 1.97. The molecule has 0 saturated carbocycles. The highest BCUT2D eigenvalue weighted by Gasteiger charge is 2.17. The standard InChI is InChI=1S/C18H14FN3O/c19-15(10-12-4-6-13(11-20)7-5-12)14-2-1-3-16-18(14)21-9-8-17(23)22-16/h1-7,10,21H,8-9H2,(H,22,23)/b15-10-. The van der Waals surface area contributed by atoms with Gasteiger partial charge in [-0.2, -0.15) is 5.26 Å². The van der Waals surface area contributed by atoms with Crippen molar-refractivity contribution < 1.29 is 9.18 Å². The molecule has 0 fully saturated rings. The summed E-state index contributed by atoms with van der Waals surface area (Å²) < 4.78 is 14.7. The second kappa shape index (κ2) is 6.32. The third-order valence-electron chi connectivity index (χ3n) is 3.58. The van der Waals surface area contributed by atoms with Crippen LogP contribution in [0.5, 0.6) is 0 Å². The summed E-state index contributed by atoms with van der Waals surface area (Å²) in [7, 11) is 0. The van der Waals surface area contributed by atoms with Gasteiger partial charge in [0.1, 0.15) is 5.83 Å². The van der Waals surface area contributed by atoms with Crippen LogP contribution in [0, 0.1) is 11.3 Å². The van der Waals surface area contributed by atoms with Gasteiger partial charge in [0.25, 0.3) is 0 Å². The van der Waals surface area contributed by atoms with Crippen molar-refractivity contribution >= 4 is 29.2 Å². The summed E-state index contributed by atoms with van der Waals surface area (Å²) in [6.07, 6.45) is 1.75. The van der Waals surface area contributed by atoms with Gasteiger partial charge in [-0.1, -0.05) is 18.2 Å². The maximum Gasteiger partial charge on any atom is 0.226 e. The number of hydrogen-bond donors (Lipinski definition) is 2. The van der Waals surface area contributed by atoms with E-state index in [4.69, 9.17) is 5.26 Å². The van der Waals surface area contributed by atoms with Crippen molar-refractivity contribution in [3.8, 4) is 6.07 Å². The van der Waals surface area contributed by atoms with E-state index in [0.29, 0.717) is 41.0 Å². The Hall–Kier alpha value is -3.13. The number of benzene rings is 2. The van der Waals surface area contributed by atoms with E-state index in [-0.39, 0.29) is 5.91 Å². The third-order valence-corrected chi connectivity index (χ3v) is 3.58. The number of nitriles is 1. The van der Waals surface area contributed by atoms with E-state index in [0.717, 1.165) is 0 Å². The first-order chi connectivity index (χ1) is 11.2. The number of nitrogens with zero attached hydrogens (tertiary/aromatic N) is 1. The van der Waals surface area contributed by atoms with E-state index >= 15 is 0 Å². The van der Waals surface area contributed by atoms with Crippen LogP contribution >= 0.6 is 0 Å². The van der Waals surface area contributed by atoms with E-state index in [9.17, 15) is 9.18 Å². The number of fused-ring (bicyclic) bond motifs is 1. The number of nitrogens with one attached hydrogen (secondary N) is 2. The molecule has 0 unspecified atom stereocenters. The Morgan fingerprint density at radius 1 is 1.22 bits per heavy atom. The first kappa shape index (κ1) is 14.8. The van der Waals surface area contributed by atoms with Crippen LogP contribution in [0.3, 0.4) is 0 Å². The molecule has 5 heteroatoms. The minimum atomic E-state index is -0.407. The number of para-hydroxylation sites is 1. The Morgan fingerprint density at radius 2 is 2.00 bits per heavy atom. The summed E-state index contributed by atoms with van der Waals surface area (Å²) in [5, 5.41) is 14.7. The quantitative estimate of drug-likeness (QED) is 0.830. The minimum absolute atomic E-state index is 0.0927. The molecule has 3 rings (SSSR count). The number of anilines is 2. The lowest BCUT2D eigenvalue weighted by Crippen LogP contribution is -2.10. The van der Waals surface area contributed by atoms with E-state index in [1.54, 1.807) is 42.5 Å². The topological polar surface area (TPSA) is 64.9 Å². The molecule has 0 aromatic heterocycles. The SMILES string of the molecule is N#Cc1ccc(/C=C(\F)c2cccc3c2NCCC(=O)N3)cc1. The molecule has 1 aliphatic heterocycles. The molecular formula is C18H14FN3O. The third kappa shape index (κ3) is 3.22.